The molecule has 236 valence electrons. The zero-order valence-electron chi connectivity index (χ0n) is 23.8. The van der Waals surface area contributed by atoms with Gasteiger partial charge in [-0.1, -0.05) is 26.0 Å². The molecule has 0 rings (SSSR count). The van der Waals surface area contributed by atoms with Gasteiger partial charge in [0.25, 0.3) is 0 Å². The Bertz CT molecular complexity index is 746. The van der Waals surface area contributed by atoms with Crippen molar-refractivity contribution in [3.05, 3.63) is 25.3 Å². The second kappa shape index (κ2) is 32.5. The quantitative estimate of drug-likeness (QED) is 0.0580. The smallest absolute Gasteiger partial charge is 0.330 e. The Morgan fingerprint density at radius 2 is 0.829 bits per heavy atom. The molecule has 0 amide bonds. The summed E-state index contributed by atoms with van der Waals surface area (Å²) in [4.78, 5) is 62.6. The number of hydrogen-bond donors (Lipinski definition) is 4. The largest absolute Gasteiger partial charge is 0.481 e. The fourth-order valence-electron chi connectivity index (χ4n) is 2.59. The summed E-state index contributed by atoms with van der Waals surface area (Å²) in [5, 5.41) is 33.2. The van der Waals surface area contributed by atoms with Crippen molar-refractivity contribution >= 4 is 35.8 Å². The normalized spacial score (nSPS) is 9.49. The molecule has 13 heteroatoms. The minimum absolute atomic E-state index is 0.137. The highest BCUT2D eigenvalue weighted by atomic mass is 16.5. The summed E-state index contributed by atoms with van der Waals surface area (Å²) >= 11 is 0. The lowest BCUT2D eigenvalue weighted by Gasteiger charge is -2.05. The third-order valence-corrected chi connectivity index (χ3v) is 4.73. The van der Waals surface area contributed by atoms with Gasteiger partial charge in [-0.2, -0.15) is 0 Å². The molecule has 0 fully saturated rings. The second-order valence-electron chi connectivity index (χ2n) is 8.40. The third-order valence-electron chi connectivity index (χ3n) is 4.73. The van der Waals surface area contributed by atoms with Crippen molar-refractivity contribution in [1.29, 1.82) is 0 Å². The first kappa shape index (κ1) is 41.7. The van der Waals surface area contributed by atoms with E-state index in [1.807, 2.05) is 0 Å². The van der Waals surface area contributed by atoms with Gasteiger partial charge in [0.1, 0.15) is 0 Å². The predicted molar refractivity (Wildman–Crippen MR) is 148 cm³/mol. The molecule has 0 aromatic carbocycles. The van der Waals surface area contributed by atoms with Crippen LogP contribution in [0.25, 0.3) is 0 Å². The Labute approximate surface area is 241 Å². The fraction of sp³-hybridized carbons (Fsp3) is 0.643. The van der Waals surface area contributed by atoms with E-state index in [1.165, 1.54) is 0 Å². The molecule has 0 bridgehead atoms. The lowest BCUT2D eigenvalue weighted by atomic mass is 10.1. The molecule has 0 saturated carbocycles. The molecule has 0 radical (unpaired) electrons. The Balaban J connectivity index is -0.000000581. The highest BCUT2D eigenvalue weighted by Gasteiger charge is 2.04. The maximum atomic E-state index is 11.3. The van der Waals surface area contributed by atoms with Gasteiger partial charge in [0.15, 0.2) is 0 Å². The van der Waals surface area contributed by atoms with E-state index in [1.54, 1.807) is 0 Å². The molecule has 0 aromatic rings. The average Bonchev–Trinajstić information content (AvgIpc) is 2.92. The Hall–Kier alpha value is -3.74. The number of rotatable bonds is 23. The van der Waals surface area contributed by atoms with E-state index in [9.17, 15) is 28.8 Å². The Morgan fingerprint density at radius 1 is 0.488 bits per heavy atom. The number of unbranched alkanes of at least 4 members (excludes halogenated alkanes) is 6. The second-order valence-corrected chi connectivity index (χ2v) is 8.40. The van der Waals surface area contributed by atoms with E-state index in [2.05, 4.69) is 17.9 Å². The number of esters is 3. The molecule has 0 unspecified atom stereocenters. The Morgan fingerprint density at radius 3 is 1.17 bits per heavy atom. The Kier molecular flexibility index (Phi) is 33.1. The number of hydrogen-bond acceptors (Lipinski definition) is 10. The van der Waals surface area contributed by atoms with Gasteiger partial charge in [-0.05, 0) is 51.4 Å². The highest BCUT2D eigenvalue weighted by Crippen LogP contribution is 2.05. The van der Waals surface area contributed by atoms with Gasteiger partial charge >= 0.3 is 35.8 Å². The minimum Gasteiger partial charge on any atom is -0.481 e. The number of carboxylic acids is 3. The van der Waals surface area contributed by atoms with Crippen LogP contribution < -0.4 is 0 Å². The lowest BCUT2D eigenvalue weighted by Crippen LogP contribution is -2.07. The molecule has 0 aliphatic carbocycles. The van der Waals surface area contributed by atoms with E-state index < -0.39 is 29.8 Å². The molecule has 13 nitrogen and oxygen atoms in total. The molecule has 0 aliphatic heterocycles. The van der Waals surface area contributed by atoms with E-state index in [0.29, 0.717) is 83.8 Å². The molecule has 41 heavy (non-hydrogen) atoms. The van der Waals surface area contributed by atoms with Crippen molar-refractivity contribution in [1.82, 2.24) is 0 Å². The van der Waals surface area contributed by atoms with E-state index in [0.717, 1.165) is 12.2 Å². The zero-order valence-corrected chi connectivity index (χ0v) is 23.8. The molecule has 0 heterocycles. The van der Waals surface area contributed by atoms with Gasteiger partial charge in [0.2, 0.25) is 0 Å². The van der Waals surface area contributed by atoms with Crippen molar-refractivity contribution in [3.63, 3.8) is 0 Å². The summed E-state index contributed by atoms with van der Waals surface area (Å²) in [5.41, 5.74) is 0. The van der Waals surface area contributed by atoms with Crippen LogP contribution in [-0.2, 0) is 43.0 Å². The third kappa shape index (κ3) is 43.6. The molecule has 4 N–H and O–H groups in total. The summed E-state index contributed by atoms with van der Waals surface area (Å²) in [6, 6.07) is 0. The van der Waals surface area contributed by atoms with Crippen LogP contribution in [0.1, 0.15) is 89.9 Å². The predicted octanol–water partition coefficient (Wildman–Crippen LogP) is 3.67. The van der Waals surface area contributed by atoms with Crippen LogP contribution >= 0.6 is 0 Å². The van der Waals surface area contributed by atoms with Gasteiger partial charge in [-0.3, -0.25) is 19.2 Å². The van der Waals surface area contributed by atoms with Crippen LogP contribution in [0.15, 0.2) is 25.3 Å². The number of aliphatic hydroxyl groups is 1. The van der Waals surface area contributed by atoms with Crippen LogP contribution in [0, 0.1) is 0 Å². The van der Waals surface area contributed by atoms with Gasteiger partial charge in [0.05, 0.1) is 19.8 Å². The van der Waals surface area contributed by atoms with Gasteiger partial charge in [0, 0.05) is 44.4 Å². The lowest BCUT2D eigenvalue weighted by molar-refractivity contribution is -0.144. The molecule has 0 aromatic heterocycles. The summed E-state index contributed by atoms with van der Waals surface area (Å²) in [6.45, 7) is 7.61. The first-order valence-electron chi connectivity index (χ1n) is 13.5. The topological polar surface area (TPSA) is 211 Å². The number of carboxylic acid groups (broad SMARTS) is 3. The number of aliphatic carboxylic acids is 3. The van der Waals surface area contributed by atoms with Crippen LogP contribution in [0.2, 0.25) is 0 Å². The number of carbonyl (C=O) groups excluding carboxylic acids is 3. The molecule has 0 spiro atoms. The number of ether oxygens (including phenoxy) is 3. The first-order valence-corrected chi connectivity index (χ1v) is 13.5. The summed E-state index contributed by atoms with van der Waals surface area (Å²) in [6.07, 6.45) is 9.34. The highest BCUT2D eigenvalue weighted by molar-refractivity contribution is 5.81. The standard InChI is InChI=1S/C14H22O6.C7H12O4.C7H12O3/c1-2-13(17)19-10-6-7-11-20-14(18)9-5-3-4-8-12(15)16;8-6(9)4-2-1-3-5-7(10)11;1-2-7(9)10-6-4-3-5-8/h2H,1,3-11H2,(H,15,16);1-5H2,(H,8,9)(H,10,11);2,8H,1,3-6H2. The maximum absolute atomic E-state index is 11.3. The summed E-state index contributed by atoms with van der Waals surface area (Å²) in [7, 11) is 0. The number of aliphatic hydroxyl groups excluding tert-OH is 1. The SMILES string of the molecule is C=CC(=O)OCCCCO.C=CC(=O)OCCCCOC(=O)CCCCCC(=O)O.O=C(O)CCCCCC(=O)O. The molecule has 0 aliphatic rings. The molecular formula is C28H46O13. The van der Waals surface area contributed by atoms with Crippen molar-refractivity contribution in [2.75, 3.05) is 26.4 Å². The fourth-order valence-corrected chi connectivity index (χ4v) is 2.59. The van der Waals surface area contributed by atoms with E-state index >= 15 is 0 Å². The average molecular weight is 591 g/mol. The van der Waals surface area contributed by atoms with E-state index in [-0.39, 0.29) is 38.4 Å². The van der Waals surface area contributed by atoms with Crippen LogP contribution in [0.3, 0.4) is 0 Å². The van der Waals surface area contributed by atoms with Crippen LogP contribution in [-0.4, -0.2) is 82.7 Å². The summed E-state index contributed by atoms with van der Waals surface area (Å²) in [5.74, 6) is -3.59. The van der Waals surface area contributed by atoms with Crippen molar-refractivity contribution in [2.24, 2.45) is 0 Å². The van der Waals surface area contributed by atoms with Crippen molar-refractivity contribution in [3.8, 4) is 0 Å². The van der Waals surface area contributed by atoms with Crippen molar-refractivity contribution < 1.29 is 63.4 Å². The number of carbonyl (C=O) groups is 6. The monoisotopic (exact) mass is 590 g/mol. The maximum Gasteiger partial charge on any atom is 0.330 e. The summed E-state index contributed by atoms with van der Waals surface area (Å²) < 4.78 is 14.4. The minimum atomic E-state index is -0.819. The van der Waals surface area contributed by atoms with Crippen LogP contribution in [0.4, 0.5) is 0 Å². The zero-order chi connectivity index (χ0) is 31.7. The molecular weight excluding hydrogens is 544 g/mol. The molecule has 0 saturated heterocycles. The first-order chi connectivity index (χ1) is 19.5. The molecule has 0 atom stereocenters. The van der Waals surface area contributed by atoms with E-state index in [4.69, 9.17) is 29.9 Å². The van der Waals surface area contributed by atoms with Gasteiger partial charge < -0.3 is 34.6 Å². The van der Waals surface area contributed by atoms with Crippen LogP contribution in [0.5, 0.6) is 0 Å². The van der Waals surface area contributed by atoms with Crippen molar-refractivity contribution in [2.45, 2.75) is 89.9 Å². The van der Waals surface area contributed by atoms with Gasteiger partial charge in [-0.15, -0.1) is 0 Å². The van der Waals surface area contributed by atoms with Gasteiger partial charge in [-0.25, -0.2) is 9.59 Å².